The van der Waals surface area contributed by atoms with Gasteiger partial charge in [0.1, 0.15) is 11.9 Å². The molecule has 1 aliphatic carbocycles. The lowest BCUT2D eigenvalue weighted by molar-refractivity contribution is -0.120. The van der Waals surface area contributed by atoms with Crippen LogP contribution in [0.4, 0.5) is 0 Å². The van der Waals surface area contributed by atoms with Crippen molar-refractivity contribution in [1.29, 1.82) is 0 Å². The zero-order valence-electron chi connectivity index (χ0n) is 14.0. The minimum Gasteiger partial charge on any atom is -0.489 e. The molecule has 1 aromatic heterocycles. The van der Waals surface area contributed by atoms with Crippen molar-refractivity contribution in [1.82, 2.24) is 9.71 Å². The van der Waals surface area contributed by atoms with Gasteiger partial charge in [-0.1, -0.05) is 17.7 Å². The van der Waals surface area contributed by atoms with Crippen molar-refractivity contribution in [2.45, 2.75) is 36.7 Å². The van der Waals surface area contributed by atoms with E-state index in [1.54, 1.807) is 18.5 Å². The van der Waals surface area contributed by atoms with Gasteiger partial charge in [0.15, 0.2) is 0 Å². The minimum absolute atomic E-state index is 0.0109. The SMILES string of the molecule is CC1Cc2cc(S(=O)(=O)NC(=O)C3CC3c3cccnc3)cc(Cl)c2O1. The zero-order valence-corrected chi connectivity index (χ0v) is 15.5. The number of hydrogen-bond acceptors (Lipinski definition) is 5. The first kappa shape index (κ1) is 17.3. The van der Waals surface area contributed by atoms with Crippen LogP contribution in [-0.4, -0.2) is 25.4 Å². The third-order valence-electron chi connectivity index (χ3n) is 4.71. The number of nitrogens with one attached hydrogen (secondary N) is 1. The summed E-state index contributed by atoms with van der Waals surface area (Å²) in [6, 6.07) is 6.53. The summed E-state index contributed by atoms with van der Waals surface area (Å²) >= 11 is 6.15. The second kappa shape index (κ2) is 6.25. The van der Waals surface area contributed by atoms with E-state index in [0.29, 0.717) is 18.6 Å². The number of rotatable bonds is 4. The maximum absolute atomic E-state index is 12.6. The second-order valence-electron chi connectivity index (χ2n) is 6.73. The Morgan fingerprint density at radius 1 is 1.38 bits per heavy atom. The summed E-state index contributed by atoms with van der Waals surface area (Å²) in [6.07, 6.45) is 4.50. The molecule has 0 saturated heterocycles. The number of benzene rings is 1. The highest BCUT2D eigenvalue weighted by atomic mass is 35.5. The van der Waals surface area contributed by atoms with Crippen LogP contribution in [-0.2, 0) is 21.2 Å². The molecule has 26 heavy (non-hydrogen) atoms. The van der Waals surface area contributed by atoms with Crippen molar-refractivity contribution in [3.63, 3.8) is 0 Å². The Kier molecular flexibility index (Phi) is 4.16. The van der Waals surface area contributed by atoms with Crippen molar-refractivity contribution in [2.75, 3.05) is 0 Å². The van der Waals surface area contributed by atoms with E-state index in [1.807, 2.05) is 13.0 Å². The molecule has 136 valence electrons. The van der Waals surface area contributed by atoms with Gasteiger partial charge in [0, 0.05) is 30.3 Å². The minimum atomic E-state index is -3.99. The predicted octanol–water partition coefficient (Wildman–Crippen LogP) is 2.67. The molecule has 2 heterocycles. The lowest BCUT2D eigenvalue weighted by Gasteiger charge is -2.10. The number of hydrogen-bond donors (Lipinski definition) is 1. The molecular formula is C18H17ClN2O4S. The topological polar surface area (TPSA) is 85.4 Å². The van der Waals surface area contributed by atoms with Gasteiger partial charge in [0.2, 0.25) is 5.91 Å². The molecule has 0 spiro atoms. The van der Waals surface area contributed by atoms with E-state index < -0.39 is 15.9 Å². The molecule has 3 atom stereocenters. The Bertz CT molecular complexity index is 978. The fourth-order valence-electron chi connectivity index (χ4n) is 3.33. The fraction of sp³-hybridized carbons (Fsp3) is 0.333. The molecule has 2 aromatic rings. The average molecular weight is 393 g/mol. The van der Waals surface area contributed by atoms with E-state index in [-0.39, 0.29) is 27.9 Å². The van der Waals surface area contributed by atoms with Crippen LogP contribution < -0.4 is 9.46 Å². The van der Waals surface area contributed by atoms with Crippen LogP contribution in [0.5, 0.6) is 5.75 Å². The number of ether oxygens (including phenoxy) is 1. The maximum atomic E-state index is 12.6. The van der Waals surface area contributed by atoms with Crippen molar-refractivity contribution in [3.05, 3.63) is 52.8 Å². The van der Waals surface area contributed by atoms with Gasteiger partial charge in [0.25, 0.3) is 10.0 Å². The summed E-state index contributed by atoms with van der Waals surface area (Å²) in [7, 11) is -3.99. The van der Waals surface area contributed by atoms with Gasteiger partial charge in [-0.25, -0.2) is 13.1 Å². The first-order valence-corrected chi connectivity index (χ1v) is 10.2. The molecule has 2 aliphatic rings. The van der Waals surface area contributed by atoms with Crippen LogP contribution in [0.3, 0.4) is 0 Å². The quantitative estimate of drug-likeness (QED) is 0.864. The van der Waals surface area contributed by atoms with Gasteiger partial charge < -0.3 is 4.74 Å². The van der Waals surface area contributed by atoms with Crippen LogP contribution in [0.25, 0.3) is 0 Å². The molecule has 1 aliphatic heterocycles. The van der Waals surface area contributed by atoms with E-state index in [2.05, 4.69) is 9.71 Å². The van der Waals surface area contributed by atoms with Crippen LogP contribution in [0, 0.1) is 5.92 Å². The molecule has 1 N–H and O–H groups in total. The lowest BCUT2D eigenvalue weighted by Crippen LogP contribution is -2.32. The van der Waals surface area contributed by atoms with E-state index in [9.17, 15) is 13.2 Å². The number of halogens is 1. The van der Waals surface area contributed by atoms with E-state index in [0.717, 1.165) is 11.1 Å². The number of fused-ring (bicyclic) bond motifs is 1. The van der Waals surface area contributed by atoms with Crippen molar-refractivity contribution in [2.24, 2.45) is 5.92 Å². The number of carbonyl (C=O) groups excluding carboxylic acids is 1. The highest BCUT2D eigenvalue weighted by Gasteiger charge is 2.45. The van der Waals surface area contributed by atoms with Gasteiger partial charge >= 0.3 is 0 Å². The van der Waals surface area contributed by atoms with Gasteiger partial charge in [-0.15, -0.1) is 0 Å². The van der Waals surface area contributed by atoms with E-state index >= 15 is 0 Å². The molecule has 1 saturated carbocycles. The third kappa shape index (κ3) is 3.17. The standard InChI is InChI=1S/C18H17ClN2O4S/c1-10-5-12-6-13(7-16(19)17(12)25-10)26(23,24)21-18(22)15-8-14(15)11-3-2-4-20-9-11/h2-4,6-7,9-10,14-15H,5,8H2,1H3,(H,21,22). The summed E-state index contributed by atoms with van der Waals surface area (Å²) in [6.45, 7) is 1.89. The van der Waals surface area contributed by atoms with E-state index in [1.165, 1.54) is 12.1 Å². The van der Waals surface area contributed by atoms with Crippen LogP contribution >= 0.6 is 11.6 Å². The van der Waals surface area contributed by atoms with Gasteiger partial charge in [-0.05, 0) is 43.0 Å². The number of aromatic nitrogens is 1. The monoisotopic (exact) mass is 392 g/mol. The second-order valence-corrected chi connectivity index (χ2v) is 8.82. The first-order valence-electron chi connectivity index (χ1n) is 8.31. The molecule has 3 unspecified atom stereocenters. The molecule has 8 heteroatoms. The average Bonchev–Trinajstić information content (AvgIpc) is 3.31. The predicted molar refractivity (Wildman–Crippen MR) is 95.7 cm³/mol. The number of sulfonamides is 1. The highest BCUT2D eigenvalue weighted by molar-refractivity contribution is 7.90. The zero-order chi connectivity index (χ0) is 18.5. The maximum Gasteiger partial charge on any atom is 0.264 e. The molecule has 1 fully saturated rings. The summed E-state index contributed by atoms with van der Waals surface area (Å²) < 4.78 is 33.0. The van der Waals surface area contributed by atoms with Crippen molar-refractivity contribution >= 4 is 27.5 Å². The smallest absolute Gasteiger partial charge is 0.264 e. The Hall–Kier alpha value is -2.12. The van der Waals surface area contributed by atoms with Crippen LogP contribution in [0.1, 0.15) is 30.4 Å². The number of carbonyl (C=O) groups is 1. The van der Waals surface area contributed by atoms with Crippen LogP contribution in [0.2, 0.25) is 5.02 Å². The van der Waals surface area contributed by atoms with Crippen LogP contribution in [0.15, 0.2) is 41.6 Å². The van der Waals surface area contributed by atoms with Gasteiger partial charge in [0.05, 0.1) is 9.92 Å². The first-order chi connectivity index (χ1) is 12.3. The summed E-state index contributed by atoms with van der Waals surface area (Å²) in [4.78, 5) is 16.4. The van der Waals surface area contributed by atoms with Crippen molar-refractivity contribution < 1.29 is 17.9 Å². The Morgan fingerprint density at radius 2 is 2.19 bits per heavy atom. The van der Waals surface area contributed by atoms with Crippen molar-refractivity contribution in [3.8, 4) is 5.75 Å². The van der Waals surface area contributed by atoms with E-state index in [4.69, 9.17) is 16.3 Å². The van der Waals surface area contributed by atoms with Gasteiger partial charge in [-0.2, -0.15) is 0 Å². The number of pyridine rings is 1. The molecule has 0 bridgehead atoms. The fourth-order valence-corrected chi connectivity index (χ4v) is 4.78. The molecule has 1 aromatic carbocycles. The normalized spacial score (nSPS) is 23.8. The Labute approximate surface area is 156 Å². The lowest BCUT2D eigenvalue weighted by atomic mass is 10.1. The Balaban J connectivity index is 1.51. The summed E-state index contributed by atoms with van der Waals surface area (Å²) in [5.41, 5.74) is 1.68. The summed E-state index contributed by atoms with van der Waals surface area (Å²) in [5.74, 6) is -0.331. The Morgan fingerprint density at radius 3 is 2.92 bits per heavy atom. The molecule has 0 radical (unpaired) electrons. The molecule has 1 amide bonds. The highest BCUT2D eigenvalue weighted by Crippen LogP contribution is 2.47. The largest absolute Gasteiger partial charge is 0.489 e. The van der Waals surface area contributed by atoms with Gasteiger partial charge in [-0.3, -0.25) is 9.78 Å². The molecule has 4 rings (SSSR count). The molecule has 6 nitrogen and oxygen atoms in total. The molecular weight excluding hydrogens is 376 g/mol. The third-order valence-corrected chi connectivity index (χ3v) is 6.31. The summed E-state index contributed by atoms with van der Waals surface area (Å²) in [5, 5.41) is 0.235. The number of amides is 1. The number of nitrogens with zero attached hydrogens (tertiary/aromatic N) is 1.